The molecule has 0 unspecified atom stereocenters. The van der Waals surface area contributed by atoms with Crippen LogP contribution < -0.4 is 5.32 Å². The number of hydrazine groups is 1. The number of furan rings is 1. The molecule has 4 rings (SSSR count). The van der Waals surface area contributed by atoms with Gasteiger partial charge in [0.25, 0.3) is 11.8 Å². The van der Waals surface area contributed by atoms with Gasteiger partial charge in [-0.3, -0.25) is 14.6 Å². The predicted octanol–water partition coefficient (Wildman–Crippen LogP) is 3.92. The fraction of sp³-hybridized carbons (Fsp3) is 0.333. The normalized spacial score (nSPS) is 19.5. The zero-order valence-electron chi connectivity index (χ0n) is 16.9. The number of hydrogen-bond donors (Lipinski definition) is 2. The lowest BCUT2D eigenvalue weighted by Crippen LogP contribution is -2.55. The maximum Gasteiger partial charge on any atom is 0.451 e. The second-order valence-corrected chi connectivity index (χ2v) is 7.63. The quantitative estimate of drug-likeness (QED) is 0.542. The Bertz CT molecular complexity index is 1110. The second kappa shape index (κ2) is 7.97. The summed E-state index contributed by atoms with van der Waals surface area (Å²) in [6.07, 6.45) is -3.81. The molecule has 3 heterocycles. The largest absolute Gasteiger partial charge is 0.510 e. The van der Waals surface area contributed by atoms with Crippen LogP contribution in [-0.2, 0) is 22.3 Å². The van der Waals surface area contributed by atoms with Gasteiger partial charge in [0.2, 0.25) is 5.76 Å². The van der Waals surface area contributed by atoms with Crippen molar-refractivity contribution in [1.82, 2.24) is 10.0 Å². The maximum absolute atomic E-state index is 13.6. The van der Waals surface area contributed by atoms with Crippen LogP contribution in [0.25, 0.3) is 0 Å². The number of carbonyl (C=O) groups excluding carboxylic acids is 2. The molecule has 2 aromatic rings. The number of aliphatic hydroxyl groups excluding tert-OH is 1. The third kappa shape index (κ3) is 3.95. The minimum atomic E-state index is -4.87. The van der Waals surface area contributed by atoms with E-state index in [2.05, 4.69) is 4.42 Å². The van der Waals surface area contributed by atoms with E-state index in [-0.39, 0.29) is 12.3 Å². The second-order valence-electron chi connectivity index (χ2n) is 7.63. The molecule has 0 spiro atoms. The van der Waals surface area contributed by atoms with Crippen LogP contribution in [-0.4, -0.2) is 39.5 Å². The van der Waals surface area contributed by atoms with Gasteiger partial charge in [0.15, 0.2) is 0 Å². The first-order valence-corrected chi connectivity index (χ1v) is 9.81. The van der Waals surface area contributed by atoms with Gasteiger partial charge in [0.1, 0.15) is 22.9 Å². The zero-order valence-corrected chi connectivity index (χ0v) is 16.9. The highest BCUT2D eigenvalue weighted by Crippen LogP contribution is 2.38. The SMILES string of the molecule is Cc1cc(NC(=O)C2=C(O)[C@H]3CCCN3N(Cc3cccc(F)c3)C2=O)c(C(F)(F)F)o1. The summed E-state index contributed by atoms with van der Waals surface area (Å²) >= 11 is 0. The molecule has 170 valence electrons. The van der Waals surface area contributed by atoms with E-state index in [9.17, 15) is 32.3 Å². The Morgan fingerprint density at radius 3 is 2.75 bits per heavy atom. The number of aliphatic hydroxyl groups is 1. The molecule has 2 aliphatic heterocycles. The van der Waals surface area contributed by atoms with Gasteiger partial charge in [-0.1, -0.05) is 12.1 Å². The molecule has 1 atom stereocenters. The van der Waals surface area contributed by atoms with Crippen molar-refractivity contribution in [3.8, 4) is 0 Å². The van der Waals surface area contributed by atoms with Crippen molar-refractivity contribution in [2.75, 3.05) is 11.9 Å². The predicted molar refractivity (Wildman–Crippen MR) is 103 cm³/mol. The van der Waals surface area contributed by atoms with Crippen LogP contribution in [0.15, 0.2) is 46.1 Å². The Hall–Kier alpha value is -3.34. The molecular formula is C21H19F4N3O4. The summed E-state index contributed by atoms with van der Waals surface area (Å²) in [7, 11) is 0. The number of nitrogens with zero attached hydrogens (tertiary/aromatic N) is 2. The minimum Gasteiger partial charge on any atom is -0.510 e. The van der Waals surface area contributed by atoms with Crippen molar-refractivity contribution in [2.24, 2.45) is 0 Å². The number of aryl methyl sites for hydroxylation is 1. The average Bonchev–Trinajstić information content (AvgIpc) is 3.32. The first-order chi connectivity index (χ1) is 15.1. The van der Waals surface area contributed by atoms with Gasteiger partial charge in [-0.15, -0.1) is 0 Å². The van der Waals surface area contributed by atoms with Crippen LogP contribution in [0.5, 0.6) is 0 Å². The highest BCUT2D eigenvalue weighted by molar-refractivity contribution is 6.23. The Kier molecular flexibility index (Phi) is 5.45. The number of anilines is 1. The van der Waals surface area contributed by atoms with E-state index in [0.717, 1.165) is 6.07 Å². The number of alkyl halides is 3. The van der Waals surface area contributed by atoms with Gasteiger partial charge in [-0.05, 0) is 37.5 Å². The van der Waals surface area contributed by atoms with Crippen molar-refractivity contribution < 1.29 is 36.7 Å². The van der Waals surface area contributed by atoms with Gasteiger partial charge in [0.05, 0.1) is 18.3 Å². The van der Waals surface area contributed by atoms with E-state index in [1.165, 1.54) is 30.1 Å². The number of rotatable bonds is 4. The summed E-state index contributed by atoms with van der Waals surface area (Å²) in [6.45, 7) is 1.63. The van der Waals surface area contributed by atoms with E-state index in [1.54, 1.807) is 11.1 Å². The Labute approximate surface area is 179 Å². The third-order valence-electron chi connectivity index (χ3n) is 5.36. The van der Waals surface area contributed by atoms with E-state index in [4.69, 9.17) is 0 Å². The van der Waals surface area contributed by atoms with Crippen molar-refractivity contribution in [2.45, 2.75) is 38.5 Å². The van der Waals surface area contributed by atoms with Gasteiger partial charge in [-0.2, -0.15) is 13.2 Å². The van der Waals surface area contributed by atoms with Gasteiger partial charge < -0.3 is 14.8 Å². The molecule has 2 amide bonds. The molecule has 1 fully saturated rings. The highest BCUT2D eigenvalue weighted by Gasteiger charge is 2.46. The van der Waals surface area contributed by atoms with Crippen LogP contribution in [0.3, 0.4) is 0 Å². The van der Waals surface area contributed by atoms with Gasteiger partial charge >= 0.3 is 6.18 Å². The Morgan fingerprint density at radius 1 is 1.31 bits per heavy atom. The topological polar surface area (TPSA) is 86.0 Å². The Balaban J connectivity index is 1.66. The minimum absolute atomic E-state index is 0.0736. The lowest BCUT2D eigenvalue weighted by Gasteiger charge is -2.40. The van der Waals surface area contributed by atoms with E-state index >= 15 is 0 Å². The summed E-state index contributed by atoms with van der Waals surface area (Å²) in [4.78, 5) is 26.0. The maximum atomic E-state index is 13.6. The van der Waals surface area contributed by atoms with E-state index < -0.39 is 52.6 Å². The summed E-state index contributed by atoms with van der Waals surface area (Å²) in [6, 6.07) is 5.86. The number of hydrogen-bond acceptors (Lipinski definition) is 5. The molecule has 2 N–H and O–H groups in total. The van der Waals surface area contributed by atoms with Crippen LogP contribution in [0.1, 0.15) is 29.9 Å². The molecule has 0 aliphatic carbocycles. The lowest BCUT2D eigenvalue weighted by molar-refractivity contribution is -0.152. The smallest absolute Gasteiger partial charge is 0.451 e. The van der Waals surface area contributed by atoms with Crippen molar-refractivity contribution in [1.29, 1.82) is 0 Å². The molecule has 1 aromatic heterocycles. The summed E-state index contributed by atoms with van der Waals surface area (Å²) in [5.74, 6) is -4.59. The van der Waals surface area contributed by atoms with E-state index in [1.807, 2.05) is 5.32 Å². The Morgan fingerprint density at radius 2 is 2.06 bits per heavy atom. The van der Waals surface area contributed by atoms with Gasteiger partial charge in [-0.25, -0.2) is 9.40 Å². The first-order valence-electron chi connectivity index (χ1n) is 9.81. The van der Waals surface area contributed by atoms with Crippen molar-refractivity contribution in [3.05, 3.63) is 64.6 Å². The molecule has 1 aromatic carbocycles. The van der Waals surface area contributed by atoms with Crippen LogP contribution in [0.2, 0.25) is 0 Å². The number of fused-ring (bicyclic) bond motifs is 1. The van der Waals surface area contributed by atoms with Gasteiger partial charge in [0, 0.05) is 12.6 Å². The highest BCUT2D eigenvalue weighted by atomic mass is 19.4. The number of benzene rings is 1. The molecule has 32 heavy (non-hydrogen) atoms. The monoisotopic (exact) mass is 453 g/mol. The summed E-state index contributed by atoms with van der Waals surface area (Å²) in [5.41, 5.74) is -0.856. The zero-order chi connectivity index (χ0) is 23.2. The molecule has 7 nitrogen and oxygen atoms in total. The summed E-state index contributed by atoms with van der Waals surface area (Å²) in [5, 5.41) is 15.5. The first kappa shape index (κ1) is 21.9. The lowest BCUT2D eigenvalue weighted by atomic mass is 10.0. The fourth-order valence-electron chi connectivity index (χ4n) is 4.03. The standard InChI is InChI=1S/C21H19F4N3O4/c1-11-8-14(18(32-11)21(23,24)25)26-19(30)16-17(29)15-6-3-7-27(15)28(20(16)31)10-12-4-2-5-13(22)9-12/h2,4-5,8-9,15,29H,3,6-7,10H2,1H3,(H,26,30)/t15-/m1/s1. The van der Waals surface area contributed by atoms with Crippen LogP contribution in [0, 0.1) is 12.7 Å². The molecule has 2 aliphatic rings. The molecule has 0 bridgehead atoms. The van der Waals surface area contributed by atoms with Crippen molar-refractivity contribution >= 4 is 17.5 Å². The molecule has 0 saturated carbocycles. The number of carbonyl (C=O) groups is 2. The van der Waals surface area contributed by atoms with E-state index in [0.29, 0.717) is 24.9 Å². The number of halogens is 4. The molecular weight excluding hydrogens is 434 g/mol. The van der Waals surface area contributed by atoms with Crippen LogP contribution in [0.4, 0.5) is 23.2 Å². The number of nitrogens with one attached hydrogen (secondary N) is 1. The molecule has 11 heteroatoms. The number of amides is 2. The van der Waals surface area contributed by atoms with Crippen LogP contribution >= 0.6 is 0 Å². The fourth-order valence-corrected chi connectivity index (χ4v) is 4.03. The summed E-state index contributed by atoms with van der Waals surface area (Å²) < 4.78 is 57.9. The third-order valence-corrected chi connectivity index (χ3v) is 5.36. The molecule has 0 radical (unpaired) electrons. The van der Waals surface area contributed by atoms with Crippen molar-refractivity contribution in [3.63, 3.8) is 0 Å². The molecule has 1 saturated heterocycles. The average molecular weight is 453 g/mol.